The molecule has 5 heteroatoms. The average Bonchev–Trinajstić information content (AvgIpc) is 2.34. The molecule has 0 aliphatic carbocycles. The predicted octanol–water partition coefficient (Wildman–Crippen LogP) is 1.48. The number of nitrogens with one attached hydrogen (secondary N) is 2. The Labute approximate surface area is 114 Å². The van der Waals surface area contributed by atoms with Crippen LogP contribution in [0.5, 0.6) is 5.75 Å². The van der Waals surface area contributed by atoms with Crippen LogP contribution >= 0.6 is 22.6 Å². The summed E-state index contributed by atoms with van der Waals surface area (Å²) in [6.07, 6.45) is 2.10. The highest BCUT2D eigenvalue weighted by atomic mass is 127. The second-order valence-electron chi connectivity index (χ2n) is 4.18. The number of rotatable bonds is 2. The Kier molecular flexibility index (Phi) is 4.22. The van der Waals surface area contributed by atoms with E-state index < -0.39 is 0 Å². The maximum absolute atomic E-state index is 11.9. The Bertz CT molecular complexity index is 417. The van der Waals surface area contributed by atoms with E-state index in [1.165, 1.54) is 6.07 Å². The zero-order valence-electron chi connectivity index (χ0n) is 9.37. The normalized spacial score (nSPS) is 19.9. The molecule has 2 rings (SSSR count). The van der Waals surface area contributed by atoms with E-state index in [4.69, 9.17) is 0 Å². The number of aromatic hydroxyl groups is 1. The molecule has 92 valence electrons. The van der Waals surface area contributed by atoms with Gasteiger partial charge in [-0.25, -0.2) is 0 Å². The Morgan fingerprint density at radius 3 is 3.00 bits per heavy atom. The van der Waals surface area contributed by atoms with Gasteiger partial charge in [0, 0.05) is 18.2 Å². The molecule has 1 saturated heterocycles. The molecule has 1 fully saturated rings. The van der Waals surface area contributed by atoms with Gasteiger partial charge in [-0.15, -0.1) is 0 Å². The van der Waals surface area contributed by atoms with E-state index in [-0.39, 0.29) is 17.7 Å². The van der Waals surface area contributed by atoms with Gasteiger partial charge in [-0.1, -0.05) is 0 Å². The lowest BCUT2D eigenvalue weighted by Gasteiger charge is -2.23. The monoisotopic (exact) mass is 346 g/mol. The first-order valence-corrected chi connectivity index (χ1v) is 6.75. The summed E-state index contributed by atoms with van der Waals surface area (Å²) in [5, 5.41) is 15.8. The smallest absolute Gasteiger partial charge is 0.251 e. The number of phenols is 1. The van der Waals surface area contributed by atoms with Gasteiger partial charge in [0.1, 0.15) is 5.75 Å². The molecular weight excluding hydrogens is 331 g/mol. The number of carbonyl (C=O) groups excluding carboxylic acids is 1. The van der Waals surface area contributed by atoms with Gasteiger partial charge in [0.25, 0.3) is 5.91 Å². The third-order valence-electron chi connectivity index (χ3n) is 2.84. The van der Waals surface area contributed by atoms with Crippen LogP contribution in [0.25, 0.3) is 0 Å². The summed E-state index contributed by atoms with van der Waals surface area (Å²) >= 11 is 2.03. The van der Waals surface area contributed by atoms with Gasteiger partial charge >= 0.3 is 0 Å². The van der Waals surface area contributed by atoms with Crippen LogP contribution in [-0.4, -0.2) is 30.1 Å². The molecule has 1 aliphatic rings. The van der Waals surface area contributed by atoms with Gasteiger partial charge in [-0.2, -0.15) is 0 Å². The molecule has 0 aromatic heterocycles. The summed E-state index contributed by atoms with van der Waals surface area (Å²) in [5.41, 5.74) is 0.508. The standard InChI is InChI=1S/C12H15IN2O2/c13-10-4-3-8(6-11(10)16)12(17)15-9-2-1-5-14-7-9/h3-4,6,9,14,16H,1-2,5,7H2,(H,15,17)/t9-/m1/s1. The zero-order chi connectivity index (χ0) is 12.3. The predicted molar refractivity (Wildman–Crippen MR) is 74.2 cm³/mol. The molecule has 1 aliphatic heterocycles. The molecule has 1 heterocycles. The second kappa shape index (κ2) is 5.68. The highest BCUT2D eigenvalue weighted by Crippen LogP contribution is 2.20. The molecule has 0 bridgehead atoms. The lowest BCUT2D eigenvalue weighted by Crippen LogP contribution is -2.45. The third-order valence-corrected chi connectivity index (χ3v) is 3.75. The van der Waals surface area contributed by atoms with Crippen LogP contribution in [0.4, 0.5) is 0 Å². The summed E-state index contributed by atoms with van der Waals surface area (Å²) in [6, 6.07) is 5.17. The van der Waals surface area contributed by atoms with Crippen LogP contribution in [0.15, 0.2) is 18.2 Å². The zero-order valence-corrected chi connectivity index (χ0v) is 11.5. The minimum atomic E-state index is -0.120. The first kappa shape index (κ1) is 12.6. The van der Waals surface area contributed by atoms with Gasteiger partial charge in [0.05, 0.1) is 3.57 Å². The summed E-state index contributed by atoms with van der Waals surface area (Å²) in [5.74, 6) is 0.0328. The molecule has 17 heavy (non-hydrogen) atoms. The largest absolute Gasteiger partial charge is 0.507 e. The second-order valence-corrected chi connectivity index (χ2v) is 5.35. The maximum Gasteiger partial charge on any atom is 0.251 e. The Hall–Kier alpha value is -0.820. The molecule has 1 aromatic rings. The quantitative estimate of drug-likeness (QED) is 0.711. The Balaban J connectivity index is 2.01. The highest BCUT2D eigenvalue weighted by Gasteiger charge is 2.16. The SMILES string of the molecule is O=C(N[C@@H]1CCCNC1)c1ccc(I)c(O)c1. The van der Waals surface area contributed by atoms with Gasteiger partial charge in [0.15, 0.2) is 0 Å². The molecule has 4 nitrogen and oxygen atoms in total. The van der Waals surface area contributed by atoms with Crippen LogP contribution in [0.2, 0.25) is 0 Å². The van der Waals surface area contributed by atoms with E-state index in [0.29, 0.717) is 5.56 Å². The molecule has 1 amide bonds. The van der Waals surface area contributed by atoms with Gasteiger partial charge in [-0.05, 0) is 60.2 Å². The lowest BCUT2D eigenvalue weighted by molar-refractivity contribution is 0.0930. The summed E-state index contributed by atoms with van der Waals surface area (Å²) < 4.78 is 0.749. The number of amides is 1. The van der Waals surface area contributed by atoms with Crippen molar-refractivity contribution in [2.45, 2.75) is 18.9 Å². The van der Waals surface area contributed by atoms with Crippen molar-refractivity contribution in [2.24, 2.45) is 0 Å². The van der Waals surface area contributed by atoms with Crippen LogP contribution in [0, 0.1) is 3.57 Å². The van der Waals surface area contributed by atoms with E-state index in [9.17, 15) is 9.90 Å². The van der Waals surface area contributed by atoms with Crippen molar-refractivity contribution in [3.63, 3.8) is 0 Å². The molecule has 1 aromatic carbocycles. The molecule has 0 spiro atoms. The number of benzene rings is 1. The van der Waals surface area contributed by atoms with Crippen molar-refractivity contribution in [3.05, 3.63) is 27.3 Å². The number of piperidine rings is 1. The average molecular weight is 346 g/mol. The van der Waals surface area contributed by atoms with Crippen molar-refractivity contribution >= 4 is 28.5 Å². The van der Waals surface area contributed by atoms with Crippen molar-refractivity contribution < 1.29 is 9.90 Å². The fraction of sp³-hybridized carbons (Fsp3) is 0.417. The minimum Gasteiger partial charge on any atom is -0.507 e. The first-order chi connectivity index (χ1) is 8.16. The molecule has 0 radical (unpaired) electrons. The fourth-order valence-corrected chi connectivity index (χ4v) is 2.23. The number of carbonyl (C=O) groups is 1. The van der Waals surface area contributed by atoms with Crippen LogP contribution in [-0.2, 0) is 0 Å². The van der Waals surface area contributed by atoms with E-state index in [0.717, 1.165) is 29.5 Å². The molecule has 3 N–H and O–H groups in total. The third kappa shape index (κ3) is 3.32. The minimum absolute atomic E-state index is 0.120. The van der Waals surface area contributed by atoms with E-state index in [1.54, 1.807) is 12.1 Å². The van der Waals surface area contributed by atoms with Crippen molar-refractivity contribution in [1.82, 2.24) is 10.6 Å². The molecule has 1 atom stereocenters. The van der Waals surface area contributed by atoms with Crippen molar-refractivity contribution in [2.75, 3.05) is 13.1 Å². The van der Waals surface area contributed by atoms with E-state index >= 15 is 0 Å². The first-order valence-electron chi connectivity index (χ1n) is 5.67. The number of halogens is 1. The van der Waals surface area contributed by atoms with E-state index in [1.807, 2.05) is 22.6 Å². The van der Waals surface area contributed by atoms with Gasteiger partial charge in [0.2, 0.25) is 0 Å². The Morgan fingerprint density at radius 1 is 1.53 bits per heavy atom. The van der Waals surface area contributed by atoms with E-state index in [2.05, 4.69) is 10.6 Å². The lowest BCUT2D eigenvalue weighted by atomic mass is 10.1. The number of phenolic OH excluding ortho intramolecular Hbond substituents is 1. The summed E-state index contributed by atoms with van der Waals surface area (Å²) in [7, 11) is 0. The topological polar surface area (TPSA) is 61.4 Å². The summed E-state index contributed by atoms with van der Waals surface area (Å²) in [6.45, 7) is 1.85. The van der Waals surface area contributed by atoms with Gasteiger partial charge in [-0.3, -0.25) is 4.79 Å². The molecular formula is C12H15IN2O2. The maximum atomic E-state index is 11.9. The number of hydrogen-bond donors (Lipinski definition) is 3. The van der Waals surface area contributed by atoms with Gasteiger partial charge < -0.3 is 15.7 Å². The molecule has 0 unspecified atom stereocenters. The number of hydrogen-bond acceptors (Lipinski definition) is 3. The highest BCUT2D eigenvalue weighted by molar-refractivity contribution is 14.1. The van der Waals surface area contributed by atoms with Crippen molar-refractivity contribution in [3.8, 4) is 5.75 Å². The van der Waals surface area contributed by atoms with Crippen LogP contribution in [0.1, 0.15) is 23.2 Å². The Morgan fingerprint density at radius 2 is 2.35 bits per heavy atom. The van der Waals surface area contributed by atoms with Crippen molar-refractivity contribution in [1.29, 1.82) is 0 Å². The summed E-state index contributed by atoms with van der Waals surface area (Å²) in [4.78, 5) is 11.9. The fourth-order valence-electron chi connectivity index (χ4n) is 1.90. The van der Waals surface area contributed by atoms with Crippen LogP contribution in [0.3, 0.4) is 0 Å². The van der Waals surface area contributed by atoms with Crippen LogP contribution < -0.4 is 10.6 Å². The molecule has 0 saturated carbocycles.